The highest BCUT2D eigenvalue weighted by Crippen LogP contribution is 2.45. The summed E-state index contributed by atoms with van der Waals surface area (Å²) in [6.45, 7) is 2.35. The highest BCUT2D eigenvalue weighted by atomic mass is 16.5. The van der Waals surface area contributed by atoms with Crippen molar-refractivity contribution < 1.29 is 28.9 Å². The van der Waals surface area contributed by atoms with E-state index in [2.05, 4.69) is 0 Å². The van der Waals surface area contributed by atoms with Crippen molar-refractivity contribution in [3.05, 3.63) is 59.2 Å². The number of ketones is 1. The van der Waals surface area contributed by atoms with Gasteiger partial charge in [-0.15, -0.1) is 0 Å². The van der Waals surface area contributed by atoms with Gasteiger partial charge in [0.05, 0.1) is 32.4 Å². The fraction of sp³-hybridized carbons (Fsp3) is 0.385. The Morgan fingerprint density at radius 2 is 1.76 bits per heavy atom. The number of nitrogens with zero attached hydrogens (tertiary/aromatic N) is 1. The Morgan fingerprint density at radius 1 is 1.03 bits per heavy atom. The van der Waals surface area contributed by atoms with Crippen LogP contribution in [-0.4, -0.2) is 48.6 Å². The Kier molecular flexibility index (Phi) is 6.58. The lowest BCUT2D eigenvalue weighted by Gasteiger charge is -2.31. The van der Waals surface area contributed by atoms with E-state index in [1.807, 2.05) is 13.0 Å². The Bertz CT molecular complexity index is 1090. The van der Waals surface area contributed by atoms with Crippen molar-refractivity contribution >= 4 is 17.4 Å². The first-order chi connectivity index (χ1) is 16.0. The number of amides is 1. The maximum Gasteiger partial charge on any atom is 0.295 e. The molecule has 1 saturated heterocycles. The van der Waals surface area contributed by atoms with Crippen LogP contribution in [0.2, 0.25) is 0 Å². The number of ether oxygens (including phenoxy) is 3. The number of Topliss-reactive ketones (excluding diaryl/α,β-unsaturated/α-hetero) is 1. The van der Waals surface area contributed by atoms with Crippen molar-refractivity contribution in [2.45, 2.75) is 44.7 Å². The van der Waals surface area contributed by atoms with Crippen molar-refractivity contribution in [1.29, 1.82) is 0 Å². The van der Waals surface area contributed by atoms with Crippen LogP contribution in [-0.2, 0) is 9.59 Å². The number of likely N-dealkylation sites (tertiary alicyclic amines) is 1. The molecule has 0 spiro atoms. The smallest absolute Gasteiger partial charge is 0.295 e. The van der Waals surface area contributed by atoms with E-state index in [0.717, 1.165) is 25.7 Å². The zero-order chi connectivity index (χ0) is 23.5. The zero-order valence-electron chi connectivity index (χ0n) is 19.2. The third-order valence-corrected chi connectivity index (χ3v) is 6.34. The number of methoxy groups -OCH3 is 2. The van der Waals surface area contributed by atoms with Crippen LogP contribution in [0.25, 0.3) is 5.76 Å². The van der Waals surface area contributed by atoms with E-state index in [0.29, 0.717) is 35.0 Å². The van der Waals surface area contributed by atoms with Crippen LogP contribution in [0, 0.1) is 0 Å². The molecule has 0 bridgehead atoms. The number of aliphatic hydroxyl groups excluding tert-OH is 1. The number of hydrogen-bond acceptors (Lipinski definition) is 6. The molecule has 2 aromatic carbocycles. The van der Waals surface area contributed by atoms with Crippen molar-refractivity contribution in [2.75, 3.05) is 20.8 Å². The van der Waals surface area contributed by atoms with E-state index in [9.17, 15) is 14.7 Å². The minimum atomic E-state index is -0.719. The Morgan fingerprint density at radius 3 is 2.42 bits per heavy atom. The Hall–Kier alpha value is -3.48. The van der Waals surface area contributed by atoms with Gasteiger partial charge in [0, 0.05) is 11.6 Å². The second-order valence-electron chi connectivity index (χ2n) is 8.22. The van der Waals surface area contributed by atoms with Crippen LogP contribution in [0.1, 0.15) is 49.8 Å². The molecule has 0 aromatic heterocycles. The molecule has 1 saturated carbocycles. The summed E-state index contributed by atoms with van der Waals surface area (Å²) in [4.78, 5) is 28.1. The lowest BCUT2D eigenvalue weighted by molar-refractivity contribution is -0.141. The van der Waals surface area contributed by atoms with Crippen LogP contribution in [0.15, 0.2) is 48.0 Å². The van der Waals surface area contributed by atoms with Gasteiger partial charge in [0.1, 0.15) is 11.5 Å². The molecule has 174 valence electrons. The van der Waals surface area contributed by atoms with E-state index in [1.54, 1.807) is 48.4 Å². The number of rotatable bonds is 7. The molecule has 1 aliphatic carbocycles. The van der Waals surface area contributed by atoms with E-state index in [-0.39, 0.29) is 17.4 Å². The third-order valence-electron chi connectivity index (χ3n) is 6.34. The van der Waals surface area contributed by atoms with Gasteiger partial charge in [-0.1, -0.05) is 31.0 Å². The predicted molar refractivity (Wildman–Crippen MR) is 124 cm³/mol. The largest absolute Gasteiger partial charge is 0.507 e. The molecule has 2 aromatic rings. The monoisotopic (exact) mass is 451 g/mol. The highest BCUT2D eigenvalue weighted by Gasteiger charge is 2.49. The number of benzene rings is 2. The normalized spacial score (nSPS) is 20.3. The molecule has 1 atom stereocenters. The van der Waals surface area contributed by atoms with Crippen LogP contribution >= 0.6 is 0 Å². The summed E-state index contributed by atoms with van der Waals surface area (Å²) >= 11 is 0. The molecule has 2 fully saturated rings. The fourth-order valence-corrected chi connectivity index (χ4v) is 4.81. The fourth-order valence-electron chi connectivity index (χ4n) is 4.81. The Labute approximate surface area is 193 Å². The van der Waals surface area contributed by atoms with Crippen molar-refractivity contribution in [3.8, 4) is 17.2 Å². The maximum absolute atomic E-state index is 13.3. The summed E-state index contributed by atoms with van der Waals surface area (Å²) in [5.41, 5.74) is 1.19. The summed E-state index contributed by atoms with van der Waals surface area (Å²) in [5.74, 6) is 0.142. The molecule has 1 N–H and O–H groups in total. The third kappa shape index (κ3) is 4.15. The average Bonchev–Trinajstić information content (AvgIpc) is 3.45. The van der Waals surface area contributed by atoms with Gasteiger partial charge in [-0.25, -0.2) is 0 Å². The lowest BCUT2D eigenvalue weighted by Crippen LogP contribution is -2.37. The Balaban J connectivity index is 1.88. The first kappa shape index (κ1) is 22.7. The SMILES string of the molecule is CCOc1cccc(/C(O)=C2/C(=O)C(=O)N(C3CCCC3)C2c2ccc(OC)c(OC)c2)c1. The molecule has 33 heavy (non-hydrogen) atoms. The molecule has 1 aliphatic heterocycles. The lowest BCUT2D eigenvalue weighted by atomic mass is 9.94. The van der Waals surface area contributed by atoms with Gasteiger partial charge in [0.2, 0.25) is 0 Å². The minimum absolute atomic E-state index is 0.0559. The molecular weight excluding hydrogens is 422 g/mol. The van der Waals surface area contributed by atoms with Crippen molar-refractivity contribution in [1.82, 2.24) is 4.90 Å². The second kappa shape index (κ2) is 9.57. The van der Waals surface area contributed by atoms with Crippen LogP contribution < -0.4 is 14.2 Å². The van der Waals surface area contributed by atoms with Gasteiger partial charge in [0.25, 0.3) is 11.7 Å². The molecule has 2 aliphatic rings. The second-order valence-corrected chi connectivity index (χ2v) is 8.22. The van der Waals surface area contributed by atoms with Gasteiger partial charge in [-0.2, -0.15) is 0 Å². The minimum Gasteiger partial charge on any atom is -0.507 e. The summed E-state index contributed by atoms with van der Waals surface area (Å²) in [5, 5.41) is 11.3. The summed E-state index contributed by atoms with van der Waals surface area (Å²) in [6.07, 6.45) is 3.67. The first-order valence-corrected chi connectivity index (χ1v) is 11.2. The van der Waals surface area contributed by atoms with Crippen molar-refractivity contribution in [3.63, 3.8) is 0 Å². The first-order valence-electron chi connectivity index (χ1n) is 11.2. The summed E-state index contributed by atoms with van der Waals surface area (Å²) in [7, 11) is 3.09. The van der Waals surface area contributed by atoms with Crippen LogP contribution in [0.4, 0.5) is 0 Å². The van der Waals surface area contributed by atoms with Crippen molar-refractivity contribution in [2.24, 2.45) is 0 Å². The molecule has 0 radical (unpaired) electrons. The standard InChI is InChI=1S/C26H29NO6/c1-4-33-19-11-7-8-17(14-19)24(28)22-23(16-12-13-20(31-2)21(15-16)32-3)27(26(30)25(22)29)18-9-5-6-10-18/h7-8,11-15,18,23,28H,4-6,9-10H2,1-3H3/b24-22-. The summed E-state index contributed by atoms with van der Waals surface area (Å²) in [6, 6.07) is 11.5. The van der Waals surface area contributed by atoms with E-state index in [4.69, 9.17) is 14.2 Å². The molecule has 7 nitrogen and oxygen atoms in total. The van der Waals surface area contributed by atoms with E-state index in [1.165, 1.54) is 7.11 Å². The van der Waals surface area contributed by atoms with Gasteiger partial charge >= 0.3 is 0 Å². The van der Waals surface area contributed by atoms with E-state index >= 15 is 0 Å². The molecule has 1 heterocycles. The average molecular weight is 452 g/mol. The quantitative estimate of drug-likeness (QED) is 0.380. The number of carbonyl (C=O) groups excluding carboxylic acids is 2. The molecule has 7 heteroatoms. The van der Waals surface area contributed by atoms with Crippen LogP contribution in [0.5, 0.6) is 17.2 Å². The number of carbonyl (C=O) groups is 2. The number of hydrogen-bond donors (Lipinski definition) is 1. The van der Waals surface area contributed by atoms with Gasteiger partial charge in [0.15, 0.2) is 11.5 Å². The topological polar surface area (TPSA) is 85.3 Å². The molecule has 1 amide bonds. The molecule has 1 unspecified atom stereocenters. The summed E-state index contributed by atoms with van der Waals surface area (Å²) < 4.78 is 16.4. The maximum atomic E-state index is 13.3. The molecule has 4 rings (SSSR count). The van der Waals surface area contributed by atoms with Gasteiger partial charge in [-0.05, 0) is 49.6 Å². The van der Waals surface area contributed by atoms with Crippen LogP contribution in [0.3, 0.4) is 0 Å². The molecular formula is C26H29NO6. The highest BCUT2D eigenvalue weighted by molar-refractivity contribution is 6.46. The van der Waals surface area contributed by atoms with Gasteiger partial charge < -0.3 is 24.2 Å². The van der Waals surface area contributed by atoms with Gasteiger partial charge in [-0.3, -0.25) is 9.59 Å². The van der Waals surface area contributed by atoms with E-state index < -0.39 is 17.7 Å². The predicted octanol–water partition coefficient (Wildman–Crippen LogP) is 4.47. The number of aliphatic hydroxyl groups is 1. The zero-order valence-corrected chi connectivity index (χ0v) is 19.2.